The second kappa shape index (κ2) is 9.45. The maximum absolute atomic E-state index is 15.6. The van der Waals surface area contributed by atoms with E-state index < -0.39 is 28.9 Å². The van der Waals surface area contributed by atoms with Gasteiger partial charge in [-0.25, -0.2) is 18.6 Å². The number of halogens is 3. The molecule has 4 rings (SSSR count). The Morgan fingerprint density at radius 1 is 1.23 bits per heavy atom. The minimum absolute atomic E-state index is 0.0385. The van der Waals surface area contributed by atoms with Crippen molar-refractivity contribution in [2.75, 3.05) is 20.2 Å². The highest BCUT2D eigenvalue weighted by atomic mass is 35.5. The fraction of sp³-hybridized carbons (Fsp3) is 0.400. The number of nitrogens with zero attached hydrogens (tertiary/aromatic N) is 3. The third kappa shape index (κ3) is 4.82. The summed E-state index contributed by atoms with van der Waals surface area (Å²) < 4.78 is 42.3. The van der Waals surface area contributed by atoms with E-state index in [0.717, 1.165) is 0 Å². The molecule has 35 heavy (non-hydrogen) atoms. The van der Waals surface area contributed by atoms with Crippen molar-refractivity contribution in [3.63, 3.8) is 0 Å². The summed E-state index contributed by atoms with van der Waals surface area (Å²) in [4.78, 5) is 31.6. The molecule has 0 aliphatic carbocycles. The molecule has 186 valence electrons. The predicted molar refractivity (Wildman–Crippen MR) is 129 cm³/mol. The molecule has 0 saturated carbocycles. The Balaban J connectivity index is 1.75. The van der Waals surface area contributed by atoms with Crippen molar-refractivity contribution in [1.29, 1.82) is 0 Å². The molecule has 0 bridgehead atoms. The highest BCUT2D eigenvalue weighted by Crippen LogP contribution is 2.40. The van der Waals surface area contributed by atoms with Crippen molar-refractivity contribution in [3.05, 3.63) is 57.6 Å². The molecule has 0 N–H and O–H groups in total. The summed E-state index contributed by atoms with van der Waals surface area (Å²) in [6.07, 6.45) is 2.09. The van der Waals surface area contributed by atoms with Crippen LogP contribution in [-0.4, -0.2) is 46.3 Å². The minimum Gasteiger partial charge on any atom is -0.496 e. The Labute approximate surface area is 206 Å². The van der Waals surface area contributed by atoms with Gasteiger partial charge in [-0.2, -0.15) is 0 Å². The van der Waals surface area contributed by atoms with E-state index in [-0.39, 0.29) is 45.4 Å². The molecule has 1 atom stereocenters. The lowest BCUT2D eigenvalue weighted by molar-refractivity contribution is 0.0171. The van der Waals surface area contributed by atoms with Crippen LogP contribution in [0.25, 0.3) is 22.0 Å². The third-order valence-corrected chi connectivity index (χ3v) is 6.15. The van der Waals surface area contributed by atoms with Gasteiger partial charge in [0.25, 0.3) is 5.56 Å². The number of ether oxygens (including phenoxy) is 2. The van der Waals surface area contributed by atoms with Gasteiger partial charge in [0.15, 0.2) is 5.82 Å². The van der Waals surface area contributed by atoms with Gasteiger partial charge in [-0.3, -0.25) is 9.36 Å². The van der Waals surface area contributed by atoms with Crippen molar-refractivity contribution < 1.29 is 23.0 Å². The number of methoxy groups -OCH3 is 1. The molecule has 1 amide bonds. The van der Waals surface area contributed by atoms with Gasteiger partial charge < -0.3 is 14.4 Å². The zero-order valence-corrected chi connectivity index (χ0v) is 20.7. The van der Waals surface area contributed by atoms with Crippen molar-refractivity contribution in [1.82, 2.24) is 14.5 Å². The lowest BCUT2D eigenvalue weighted by Gasteiger charge is -2.34. The first-order valence-corrected chi connectivity index (χ1v) is 11.6. The largest absolute Gasteiger partial charge is 0.496 e. The molecular weight excluding hydrogens is 480 g/mol. The molecular formula is C25H26ClF2N3O4. The summed E-state index contributed by atoms with van der Waals surface area (Å²) in [6, 6.07) is 5.02. The predicted octanol–water partition coefficient (Wildman–Crippen LogP) is 5.58. The van der Waals surface area contributed by atoms with Gasteiger partial charge in [0.05, 0.1) is 35.5 Å². The van der Waals surface area contributed by atoms with E-state index in [1.54, 1.807) is 25.7 Å². The summed E-state index contributed by atoms with van der Waals surface area (Å²) >= 11 is 6.37. The molecule has 1 aromatic heterocycles. The molecule has 1 unspecified atom stereocenters. The second-order valence-corrected chi connectivity index (χ2v) is 9.85. The molecule has 0 radical (unpaired) electrons. The molecule has 2 aromatic carbocycles. The van der Waals surface area contributed by atoms with Crippen molar-refractivity contribution in [3.8, 4) is 16.9 Å². The zero-order valence-electron chi connectivity index (χ0n) is 19.9. The summed E-state index contributed by atoms with van der Waals surface area (Å²) in [5.41, 5.74) is -1.74. The van der Waals surface area contributed by atoms with Crippen LogP contribution in [0.3, 0.4) is 0 Å². The number of rotatable bonds is 3. The van der Waals surface area contributed by atoms with Gasteiger partial charge in [-0.1, -0.05) is 17.7 Å². The zero-order chi connectivity index (χ0) is 25.5. The van der Waals surface area contributed by atoms with Gasteiger partial charge in [0, 0.05) is 18.7 Å². The van der Waals surface area contributed by atoms with Crippen LogP contribution in [-0.2, 0) is 4.74 Å². The topological polar surface area (TPSA) is 73.7 Å². The Hall–Kier alpha value is -3.20. The third-order valence-electron chi connectivity index (χ3n) is 5.86. The quantitative estimate of drug-likeness (QED) is 0.465. The number of hydrogen-bond donors (Lipinski definition) is 0. The van der Waals surface area contributed by atoms with Crippen LogP contribution >= 0.6 is 11.6 Å². The fourth-order valence-electron chi connectivity index (χ4n) is 4.29. The van der Waals surface area contributed by atoms with Crippen LogP contribution in [0.5, 0.6) is 5.75 Å². The van der Waals surface area contributed by atoms with E-state index in [1.165, 1.54) is 42.3 Å². The Bertz CT molecular complexity index is 1350. The number of fused-ring (bicyclic) bond motifs is 1. The van der Waals surface area contributed by atoms with Gasteiger partial charge in [0.1, 0.15) is 22.7 Å². The maximum atomic E-state index is 15.6. The standard InChI is InChI=1S/C25H26ClF2N3O4/c1-25(2,3)35-24(33)30-10-6-7-14(12-30)31-13-29-22-15(23(31)32)11-16(26)19(21(22)28)20-17(27)8-5-9-18(20)34-4/h5,8-9,11,13-14H,6-7,10,12H2,1-4H3. The van der Waals surface area contributed by atoms with Crippen LogP contribution in [0.1, 0.15) is 39.7 Å². The molecule has 3 aromatic rings. The smallest absolute Gasteiger partial charge is 0.410 e. The van der Waals surface area contributed by atoms with Crippen molar-refractivity contribution >= 4 is 28.6 Å². The molecule has 0 spiro atoms. The van der Waals surface area contributed by atoms with Crippen LogP contribution in [0.2, 0.25) is 5.02 Å². The minimum atomic E-state index is -0.917. The van der Waals surface area contributed by atoms with Crippen LogP contribution in [0.15, 0.2) is 35.4 Å². The molecule has 7 nitrogen and oxygen atoms in total. The Kier molecular flexibility index (Phi) is 6.73. The van der Waals surface area contributed by atoms with Crippen molar-refractivity contribution in [2.24, 2.45) is 0 Å². The number of piperidine rings is 1. The van der Waals surface area contributed by atoms with Gasteiger partial charge in [-0.05, 0) is 51.8 Å². The normalized spacial score (nSPS) is 16.4. The number of benzene rings is 2. The van der Waals surface area contributed by atoms with E-state index in [0.29, 0.717) is 19.4 Å². The lowest BCUT2D eigenvalue weighted by atomic mass is 10.0. The van der Waals surface area contributed by atoms with Crippen LogP contribution in [0.4, 0.5) is 13.6 Å². The number of carbonyl (C=O) groups excluding carboxylic acids is 1. The van der Waals surface area contributed by atoms with Crippen LogP contribution < -0.4 is 10.3 Å². The first-order chi connectivity index (χ1) is 16.5. The highest BCUT2D eigenvalue weighted by Gasteiger charge is 2.30. The molecule has 1 aliphatic heterocycles. The number of amides is 1. The maximum Gasteiger partial charge on any atom is 0.410 e. The van der Waals surface area contributed by atoms with E-state index >= 15 is 4.39 Å². The van der Waals surface area contributed by atoms with E-state index in [9.17, 15) is 14.0 Å². The van der Waals surface area contributed by atoms with Gasteiger partial charge in [-0.15, -0.1) is 0 Å². The van der Waals surface area contributed by atoms with Gasteiger partial charge in [0.2, 0.25) is 0 Å². The SMILES string of the molecule is COc1cccc(F)c1-c1c(Cl)cc2c(=O)n(C3CCCN(C(=O)OC(C)(C)C)C3)cnc2c1F. The summed E-state index contributed by atoms with van der Waals surface area (Å²) in [7, 11) is 1.34. The molecule has 2 heterocycles. The van der Waals surface area contributed by atoms with E-state index in [1.807, 2.05) is 0 Å². The van der Waals surface area contributed by atoms with E-state index in [4.69, 9.17) is 21.1 Å². The number of likely N-dealkylation sites (tertiary alicyclic amines) is 1. The average Bonchev–Trinajstić information content (AvgIpc) is 2.79. The first kappa shape index (κ1) is 24.9. The van der Waals surface area contributed by atoms with E-state index in [2.05, 4.69) is 4.98 Å². The number of hydrogen-bond acceptors (Lipinski definition) is 5. The molecule has 10 heteroatoms. The second-order valence-electron chi connectivity index (χ2n) is 9.44. The fourth-order valence-corrected chi connectivity index (χ4v) is 4.58. The monoisotopic (exact) mass is 505 g/mol. The summed E-state index contributed by atoms with van der Waals surface area (Å²) in [6.45, 7) is 6.12. The number of aromatic nitrogens is 2. The number of carbonyl (C=O) groups is 1. The molecule has 1 aliphatic rings. The summed E-state index contributed by atoms with van der Waals surface area (Å²) in [5.74, 6) is -1.54. The molecule has 1 fully saturated rings. The summed E-state index contributed by atoms with van der Waals surface area (Å²) in [5, 5.41) is -0.183. The van der Waals surface area contributed by atoms with Crippen molar-refractivity contribution in [2.45, 2.75) is 45.3 Å². The highest BCUT2D eigenvalue weighted by molar-refractivity contribution is 6.34. The van der Waals surface area contributed by atoms with Crippen LogP contribution in [0, 0.1) is 11.6 Å². The average molecular weight is 506 g/mol. The first-order valence-electron chi connectivity index (χ1n) is 11.2. The lowest BCUT2D eigenvalue weighted by Crippen LogP contribution is -2.45. The van der Waals surface area contributed by atoms with Gasteiger partial charge >= 0.3 is 6.09 Å². The Morgan fingerprint density at radius 2 is 1.97 bits per heavy atom. The molecule has 1 saturated heterocycles. The Morgan fingerprint density at radius 3 is 2.66 bits per heavy atom.